The quantitative estimate of drug-likeness (QED) is 0.575. The van der Waals surface area contributed by atoms with Gasteiger partial charge >= 0.3 is 0 Å². The van der Waals surface area contributed by atoms with Gasteiger partial charge in [0.15, 0.2) is 0 Å². The number of benzene rings is 2. The summed E-state index contributed by atoms with van der Waals surface area (Å²) >= 11 is 0. The van der Waals surface area contributed by atoms with Crippen molar-refractivity contribution in [2.45, 2.75) is 6.61 Å². The van der Waals surface area contributed by atoms with Gasteiger partial charge in [0.05, 0.1) is 19.3 Å². The molecule has 0 aliphatic rings. The zero-order valence-corrected chi connectivity index (χ0v) is 11.1. The van der Waals surface area contributed by atoms with E-state index in [1.807, 2.05) is 12.1 Å². The van der Waals surface area contributed by atoms with E-state index in [4.69, 9.17) is 20.6 Å². The van der Waals surface area contributed by atoms with Gasteiger partial charge in [-0.05, 0) is 18.2 Å². The largest absolute Gasteiger partial charge is 0.497 e. The maximum absolute atomic E-state index is 9.30. The van der Waals surface area contributed by atoms with E-state index in [0.29, 0.717) is 28.4 Å². The van der Waals surface area contributed by atoms with Gasteiger partial charge in [-0.25, -0.2) is 0 Å². The highest BCUT2D eigenvalue weighted by Gasteiger charge is 2.11. The maximum atomic E-state index is 9.30. The zero-order chi connectivity index (χ0) is 14.5. The highest BCUT2D eigenvalue weighted by Crippen LogP contribution is 2.31. The molecule has 0 aliphatic heterocycles. The summed E-state index contributed by atoms with van der Waals surface area (Å²) in [4.78, 5) is 0. The number of para-hydroxylation sites is 1. The first-order valence-electron chi connectivity index (χ1n) is 6.04. The Hall–Kier alpha value is -2.53. The highest BCUT2D eigenvalue weighted by molar-refractivity contribution is 5.97. The van der Waals surface area contributed by atoms with Crippen molar-refractivity contribution in [1.82, 2.24) is 0 Å². The summed E-state index contributed by atoms with van der Waals surface area (Å²) < 4.78 is 10.9. The zero-order valence-electron chi connectivity index (χ0n) is 11.1. The summed E-state index contributed by atoms with van der Waals surface area (Å²) in [6.07, 6.45) is 0. The molecule has 0 amide bonds. The van der Waals surface area contributed by atoms with Crippen LogP contribution in [0.2, 0.25) is 0 Å². The van der Waals surface area contributed by atoms with Crippen molar-refractivity contribution in [3.8, 4) is 17.2 Å². The third-order valence-corrected chi connectivity index (χ3v) is 2.84. The van der Waals surface area contributed by atoms with Crippen molar-refractivity contribution in [3.63, 3.8) is 0 Å². The molecule has 0 heterocycles. The minimum Gasteiger partial charge on any atom is -0.497 e. The molecule has 0 atom stereocenters. The fraction of sp³-hybridized carbons (Fsp3) is 0.133. The normalized spacial score (nSPS) is 10.1. The van der Waals surface area contributed by atoms with Crippen molar-refractivity contribution in [2.75, 3.05) is 7.11 Å². The van der Waals surface area contributed by atoms with Crippen LogP contribution in [0.25, 0.3) is 0 Å². The van der Waals surface area contributed by atoms with E-state index in [1.165, 1.54) is 0 Å². The lowest BCUT2D eigenvalue weighted by atomic mass is 10.1. The van der Waals surface area contributed by atoms with Crippen LogP contribution in [0, 0.1) is 5.41 Å². The number of ether oxygens (including phenoxy) is 2. The van der Waals surface area contributed by atoms with Crippen LogP contribution < -0.4 is 15.2 Å². The molecule has 5 nitrogen and oxygen atoms in total. The molecular formula is C15H16N2O3. The number of nitrogens with one attached hydrogen (secondary N) is 1. The smallest absolute Gasteiger partial charge is 0.142 e. The molecule has 0 aromatic heterocycles. The monoisotopic (exact) mass is 272 g/mol. The fourth-order valence-corrected chi connectivity index (χ4v) is 1.79. The summed E-state index contributed by atoms with van der Waals surface area (Å²) in [6, 6.07) is 12.2. The Kier molecular flexibility index (Phi) is 4.22. The van der Waals surface area contributed by atoms with Gasteiger partial charge in [0.1, 0.15) is 23.1 Å². The molecule has 0 fully saturated rings. The van der Waals surface area contributed by atoms with E-state index in [0.717, 1.165) is 0 Å². The average molecular weight is 272 g/mol. The molecular weight excluding hydrogens is 256 g/mol. The Morgan fingerprint density at radius 2 is 1.95 bits per heavy atom. The average Bonchev–Trinajstić information content (AvgIpc) is 2.47. The second kappa shape index (κ2) is 6.08. The molecule has 2 rings (SSSR count). The van der Waals surface area contributed by atoms with Crippen molar-refractivity contribution >= 4 is 5.84 Å². The lowest BCUT2D eigenvalue weighted by molar-refractivity contribution is 0.276. The number of nitrogen functional groups attached to an aromatic ring is 1. The predicted octanol–water partition coefficient (Wildman–Crippen LogP) is 2.26. The first kappa shape index (κ1) is 13.9. The molecule has 0 aliphatic carbocycles. The number of nitrogens with two attached hydrogens (primary N) is 1. The van der Waals surface area contributed by atoms with Crippen molar-refractivity contribution in [2.24, 2.45) is 5.73 Å². The van der Waals surface area contributed by atoms with Gasteiger partial charge in [-0.2, -0.15) is 0 Å². The molecule has 104 valence electrons. The third kappa shape index (κ3) is 2.89. The van der Waals surface area contributed by atoms with Crippen molar-refractivity contribution < 1.29 is 14.6 Å². The molecule has 0 unspecified atom stereocenters. The van der Waals surface area contributed by atoms with Crippen LogP contribution in [-0.2, 0) is 6.61 Å². The molecule has 0 spiro atoms. The number of hydrogen-bond acceptors (Lipinski definition) is 4. The van der Waals surface area contributed by atoms with Crippen molar-refractivity contribution in [3.05, 3.63) is 53.6 Å². The van der Waals surface area contributed by atoms with Crippen LogP contribution in [0.3, 0.4) is 0 Å². The van der Waals surface area contributed by atoms with Gasteiger partial charge in [-0.3, -0.25) is 5.41 Å². The van der Waals surface area contributed by atoms with Gasteiger partial charge in [-0.1, -0.05) is 18.2 Å². The Balaban J connectivity index is 2.43. The number of methoxy groups -OCH3 is 1. The molecule has 20 heavy (non-hydrogen) atoms. The Morgan fingerprint density at radius 3 is 2.60 bits per heavy atom. The number of amidine groups is 1. The number of rotatable bonds is 5. The van der Waals surface area contributed by atoms with Gasteiger partial charge in [0, 0.05) is 11.6 Å². The van der Waals surface area contributed by atoms with Crippen LogP contribution in [0.5, 0.6) is 17.2 Å². The highest BCUT2D eigenvalue weighted by atomic mass is 16.5. The summed E-state index contributed by atoms with van der Waals surface area (Å²) in [5, 5.41) is 16.9. The standard InChI is InChI=1S/C15H16N2O3/c1-19-11-6-7-12(15(16)17)14(8-11)20-13-5-3-2-4-10(13)9-18/h2-8,18H,9H2,1H3,(H3,16,17). The van der Waals surface area contributed by atoms with Gasteiger partial charge in [0.2, 0.25) is 0 Å². The topological polar surface area (TPSA) is 88.6 Å². The molecule has 0 saturated heterocycles. The van der Waals surface area contributed by atoms with Crippen LogP contribution >= 0.6 is 0 Å². The lowest BCUT2D eigenvalue weighted by Gasteiger charge is -2.13. The maximum Gasteiger partial charge on any atom is 0.142 e. The van der Waals surface area contributed by atoms with E-state index in [-0.39, 0.29) is 12.4 Å². The second-order valence-electron chi connectivity index (χ2n) is 4.14. The van der Waals surface area contributed by atoms with Crippen LogP contribution in [0.4, 0.5) is 0 Å². The van der Waals surface area contributed by atoms with Crippen LogP contribution in [0.15, 0.2) is 42.5 Å². The van der Waals surface area contributed by atoms with Gasteiger partial charge in [-0.15, -0.1) is 0 Å². The molecule has 2 aromatic carbocycles. The first-order chi connectivity index (χ1) is 9.65. The number of aliphatic hydroxyl groups is 1. The third-order valence-electron chi connectivity index (χ3n) is 2.84. The molecule has 5 heteroatoms. The lowest BCUT2D eigenvalue weighted by Crippen LogP contribution is -2.12. The fourth-order valence-electron chi connectivity index (χ4n) is 1.79. The molecule has 2 aromatic rings. The summed E-state index contributed by atoms with van der Waals surface area (Å²) in [5.74, 6) is 1.44. The molecule has 0 bridgehead atoms. The number of aliphatic hydroxyl groups excluding tert-OH is 1. The SMILES string of the molecule is COc1ccc(C(=N)N)c(Oc2ccccc2CO)c1. The summed E-state index contributed by atoms with van der Waals surface area (Å²) in [7, 11) is 1.55. The van der Waals surface area contributed by atoms with E-state index >= 15 is 0 Å². The predicted molar refractivity (Wildman–Crippen MR) is 76.4 cm³/mol. The Morgan fingerprint density at radius 1 is 1.20 bits per heavy atom. The van der Waals surface area contributed by atoms with E-state index in [9.17, 15) is 5.11 Å². The first-order valence-corrected chi connectivity index (χ1v) is 6.04. The second-order valence-corrected chi connectivity index (χ2v) is 4.14. The van der Waals surface area contributed by atoms with Crippen LogP contribution in [0.1, 0.15) is 11.1 Å². The summed E-state index contributed by atoms with van der Waals surface area (Å²) in [6.45, 7) is -0.129. The Bertz CT molecular complexity index is 626. The van der Waals surface area contributed by atoms with E-state index < -0.39 is 0 Å². The molecule has 0 saturated carbocycles. The Labute approximate surface area is 117 Å². The molecule has 0 radical (unpaired) electrons. The van der Waals surface area contributed by atoms with Crippen molar-refractivity contribution in [1.29, 1.82) is 5.41 Å². The minimum absolute atomic E-state index is 0.0934. The minimum atomic E-state index is -0.129. The van der Waals surface area contributed by atoms with Gasteiger partial charge in [0.25, 0.3) is 0 Å². The van der Waals surface area contributed by atoms with Gasteiger partial charge < -0.3 is 20.3 Å². The number of hydrogen-bond donors (Lipinski definition) is 3. The van der Waals surface area contributed by atoms with E-state index in [2.05, 4.69) is 0 Å². The summed E-state index contributed by atoms with van der Waals surface area (Å²) in [5.41, 5.74) is 6.67. The van der Waals surface area contributed by atoms with Crippen LogP contribution in [-0.4, -0.2) is 18.1 Å². The van der Waals surface area contributed by atoms with E-state index in [1.54, 1.807) is 37.4 Å². The molecule has 4 N–H and O–H groups in total.